The van der Waals surface area contributed by atoms with E-state index < -0.39 is 0 Å². The van der Waals surface area contributed by atoms with Crippen LogP contribution in [-0.2, 0) is 11.2 Å². The van der Waals surface area contributed by atoms with Gasteiger partial charge in [0.2, 0.25) is 5.91 Å². The van der Waals surface area contributed by atoms with Crippen LogP contribution in [0.5, 0.6) is 0 Å². The van der Waals surface area contributed by atoms with E-state index >= 15 is 0 Å². The number of aromatic nitrogens is 1. The Morgan fingerprint density at radius 3 is 2.72 bits per heavy atom. The molecule has 3 aliphatic heterocycles. The third kappa shape index (κ3) is 2.85. The van der Waals surface area contributed by atoms with Gasteiger partial charge in [-0.15, -0.1) is 0 Å². The van der Waals surface area contributed by atoms with Gasteiger partial charge >= 0.3 is 0 Å². The predicted octanol–water partition coefficient (Wildman–Crippen LogP) is 2.41. The Labute approximate surface area is 148 Å². The summed E-state index contributed by atoms with van der Waals surface area (Å²) in [6, 6.07) is 0.168. The van der Waals surface area contributed by atoms with Gasteiger partial charge in [0.15, 0.2) is 0 Å². The standard InChI is InChI=1S/C19H27N3O3/c1-3-16-17(12(2)25-20-16)19(24)21-10-14-7-8-15(11-21)22(18(14)23)9-13-5-4-6-13/h13-15H,3-11H2,1-2H3. The van der Waals surface area contributed by atoms with Crippen molar-refractivity contribution in [3.8, 4) is 0 Å². The molecule has 2 amide bonds. The molecule has 1 aromatic heterocycles. The zero-order chi connectivity index (χ0) is 17.6. The van der Waals surface area contributed by atoms with E-state index in [2.05, 4.69) is 10.1 Å². The van der Waals surface area contributed by atoms with Gasteiger partial charge in [0, 0.05) is 25.7 Å². The van der Waals surface area contributed by atoms with Crippen LogP contribution in [0.15, 0.2) is 4.52 Å². The van der Waals surface area contributed by atoms with E-state index in [1.165, 1.54) is 19.3 Å². The second kappa shape index (κ2) is 6.46. The number of amides is 2. The number of hydrogen-bond donors (Lipinski definition) is 0. The van der Waals surface area contributed by atoms with Crippen molar-refractivity contribution in [2.24, 2.45) is 11.8 Å². The van der Waals surface area contributed by atoms with Crippen LogP contribution in [-0.4, -0.2) is 52.4 Å². The lowest BCUT2D eigenvalue weighted by Crippen LogP contribution is -2.50. The molecule has 2 atom stereocenters. The monoisotopic (exact) mass is 345 g/mol. The predicted molar refractivity (Wildman–Crippen MR) is 92.1 cm³/mol. The second-order valence-corrected chi connectivity index (χ2v) is 7.84. The average molecular weight is 345 g/mol. The molecule has 0 N–H and O–H groups in total. The number of fused-ring (bicyclic) bond motifs is 4. The normalized spacial score (nSPS) is 26.7. The zero-order valence-corrected chi connectivity index (χ0v) is 15.2. The Hall–Kier alpha value is -1.85. The molecular weight excluding hydrogens is 318 g/mol. The van der Waals surface area contributed by atoms with Crippen LogP contribution < -0.4 is 0 Å². The zero-order valence-electron chi connectivity index (χ0n) is 15.2. The highest BCUT2D eigenvalue weighted by Crippen LogP contribution is 2.34. The van der Waals surface area contributed by atoms with Crippen LogP contribution in [0, 0.1) is 18.8 Å². The summed E-state index contributed by atoms with van der Waals surface area (Å²) in [4.78, 5) is 30.0. The number of hydrogen-bond acceptors (Lipinski definition) is 4. The summed E-state index contributed by atoms with van der Waals surface area (Å²) in [6.07, 6.45) is 6.35. The molecule has 25 heavy (non-hydrogen) atoms. The van der Waals surface area contributed by atoms with Crippen LogP contribution in [0.2, 0.25) is 0 Å². The van der Waals surface area contributed by atoms with Crippen LogP contribution in [0.1, 0.15) is 60.8 Å². The van der Waals surface area contributed by atoms with Crippen LogP contribution in [0.4, 0.5) is 0 Å². The summed E-state index contributed by atoms with van der Waals surface area (Å²) < 4.78 is 5.24. The maximum Gasteiger partial charge on any atom is 0.259 e. The summed E-state index contributed by atoms with van der Waals surface area (Å²) in [7, 11) is 0. The topological polar surface area (TPSA) is 66.7 Å². The molecule has 5 rings (SSSR count). The molecule has 0 aromatic carbocycles. The van der Waals surface area contributed by atoms with Crippen molar-refractivity contribution in [1.29, 1.82) is 0 Å². The van der Waals surface area contributed by atoms with Gasteiger partial charge in [0.25, 0.3) is 5.91 Å². The number of rotatable bonds is 4. The average Bonchev–Trinajstić information content (AvgIpc) is 2.74. The first-order chi connectivity index (χ1) is 12.1. The van der Waals surface area contributed by atoms with Crippen LogP contribution in [0.3, 0.4) is 0 Å². The summed E-state index contributed by atoms with van der Waals surface area (Å²) in [6.45, 7) is 5.82. The molecule has 4 fully saturated rings. The van der Waals surface area contributed by atoms with Crippen molar-refractivity contribution >= 4 is 11.8 Å². The van der Waals surface area contributed by atoms with Gasteiger partial charge < -0.3 is 14.3 Å². The van der Waals surface area contributed by atoms with Gasteiger partial charge in [-0.1, -0.05) is 18.5 Å². The van der Waals surface area contributed by atoms with Gasteiger partial charge in [-0.3, -0.25) is 9.59 Å². The molecule has 2 bridgehead atoms. The fourth-order valence-corrected chi connectivity index (χ4v) is 4.49. The molecule has 136 valence electrons. The van der Waals surface area contributed by atoms with E-state index in [4.69, 9.17) is 4.52 Å². The molecule has 6 nitrogen and oxygen atoms in total. The Bertz CT molecular complexity index is 679. The molecule has 0 spiro atoms. The van der Waals surface area contributed by atoms with E-state index in [9.17, 15) is 9.59 Å². The van der Waals surface area contributed by atoms with Gasteiger partial charge in [-0.2, -0.15) is 0 Å². The number of carbonyl (C=O) groups excluding carboxylic acids is 2. The minimum Gasteiger partial charge on any atom is -0.361 e. The van der Waals surface area contributed by atoms with Crippen molar-refractivity contribution in [2.75, 3.05) is 19.6 Å². The quantitative estimate of drug-likeness (QED) is 0.840. The number of nitrogens with zero attached hydrogens (tertiary/aromatic N) is 3. The number of aryl methyl sites for hydroxylation is 2. The summed E-state index contributed by atoms with van der Waals surface area (Å²) >= 11 is 0. The third-order valence-corrected chi connectivity index (χ3v) is 6.24. The van der Waals surface area contributed by atoms with E-state index in [-0.39, 0.29) is 23.8 Å². The lowest BCUT2D eigenvalue weighted by atomic mass is 9.83. The molecule has 4 heterocycles. The van der Waals surface area contributed by atoms with Gasteiger partial charge in [-0.25, -0.2) is 0 Å². The maximum atomic E-state index is 13.1. The fraction of sp³-hybridized carbons (Fsp3) is 0.737. The van der Waals surface area contributed by atoms with Crippen molar-refractivity contribution in [3.63, 3.8) is 0 Å². The van der Waals surface area contributed by atoms with Crippen molar-refractivity contribution < 1.29 is 14.1 Å². The van der Waals surface area contributed by atoms with Gasteiger partial charge in [0.05, 0.1) is 11.6 Å². The third-order valence-electron chi connectivity index (χ3n) is 6.24. The SMILES string of the molecule is CCc1noc(C)c1C(=O)N1CC2CCC(C1)N(CC1CCC1)C2=O. The number of carbonyl (C=O) groups is 2. The van der Waals surface area contributed by atoms with E-state index in [1.54, 1.807) is 6.92 Å². The number of piperidine rings is 1. The summed E-state index contributed by atoms with van der Waals surface area (Å²) in [5, 5.41) is 4.02. The molecule has 4 aliphatic rings. The highest BCUT2D eigenvalue weighted by molar-refractivity contribution is 5.97. The first kappa shape index (κ1) is 16.6. The smallest absolute Gasteiger partial charge is 0.259 e. The largest absolute Gasteiger partial charge is 0.361 e. The van der Waals surface area contributed by atoms with E-state index in [1.807, 2.05) is 11.8 Å². The summed E-state index contributed by atoms with van der Waals surface area (Å²) in [5.74, 6) is 1.44. The van der Waals surface area contributed by atoms with E-state index in [0.29, 0.717) is 36.8 Å². The van der Waals surface area contributed by atoms with Crippen LogP contribution >= 0.6 is 0 Å². The lowest BCUT2D eigenvalue weighted by molar-refractivity contribution is -0.141. The van der Waals surface area contributed by atoms with Crippen LogP contribution in [0.25, 0.3) is 0 Å². The highest BCUT2D eigenvalue weighted by Gasteiger charge is 2.43. The molecule has 0 radical (unpaired) electrons. The highest BCUT2D eigenvalue weighted by atomic mass is 16.5. The maximum absolute atomic E-state index is 13.1. The first-order valence-corrected chi connectivity index (χ1v) is 9.63. The van der Waals surface area contributed by atoms with Crippen molar-refractivity contribution in [3.05, 3.63) is 17.0 Å². The molecule has 3 saturated heterocycles. The van der Waals surface area contributed by atoms with Crippen molar-refractivity contribution in [2.45, 2.75) is 58.4 Å². The molecule has 1 aliphatic carbocycles. The minimum absolute atomic E-state index is 0.0224. The summed E-state index contributed by atoms with van der Waals surface area (Å²) in [5.41, 5.74) is 1.32. The second-order valence-electron chi connectivity index (χ2n) is 7.84. The molecule has 1 aromatic rings. The molecule has 1 saturated carbocycles. The minimum atomic E-state index is -0.0481. The van der Waals surface area contributed by atoms with Gasteiger partial charge in [0.1, 0.15) is 11.3 Å². The fourth-order valence-electron chi connectivity index (χ4n) is 4.49. The van der Waals surface area contributed by atoms with Gasteiger partial charge in [-0.05, 0) is 44.9 Å². The van der Waals surface area contributed by atoms with E-state index in [0.717, 1.165) is 25.1 Å². The lowest BCUT2D eigenvalue weighted by Gasteiger charge is -2.40. The Kier molecular flexibility index (Phi) is 4.29. The molecule has 2 unspecified atom stereocenters. The van der Waals surface area contributed by atoms with Crippen molar-refractivity contribution in [1.82, 2.24) is 15.0 Å². The Morgan fingerprint density at radius 1 is 1.24 bits per heavy atom. The Balaban J connectivity index is 1.55. The molecule has 6 heteroatoms. The first-order valence-electron chi connectivity index (χ1n) is 9.63. The molecular formula is C19H27N3O3. The Morgan fingerprint density at radius 2 is 2.04 bits per heavy atom.